The molecule has 8 nitrogen and oxygen atoms in total. The molecule has 1 unspecified atom stereocenters. The van der Waals surface area contributed by atoms with Crippen molar-refractivity contribution in [3.05, 3.63) is 47.3 Å². The molecule has 1 aliphatic carbocycles. The number of hydrogen-bond donors (Lipinski definition) is 2. The number of hydrogen-bond acceptors (Lipinski definition) is 7. The van der Waals surface area contributed by atoms with Crippen LogP contribution in [-0.4, -0.2) is 65.6 Å². The van der Waals surface area contributed by atoms with Crippen molar-refractivity contribution in [2.45, 2.75) is 37.8 Å². The van der Waals surface area contributed by atoms with Gasteiger partial charge < -0.3 is 19.9 Å². The number of methoxy groups -OCH3 is 1. The summed E-state index contributed by atoms with van der Waals surface area (Å²) in [6.07, 6.45) is 4.09. The van der Waals surface area contributed by atoms with Gasteiger partial charge in [0.05, 0.1) is 26.0 Å². The van der Waals surface area contributed by atoms with Gasteiger partial charge in [0.25, 0.3) is 5.91 Å². The normalized spacial score (nSPS) is 17.8. The molecule has 1 saturated carbocycles. The maximum Gasteiger partial charge on any atom is 0.272 e. The van der Waals surface area contributed by atoms with E-state index in [1.165, 1.54) is 0 Å². The summed E-state index contributed by atoms with van der Waals surface area (Å²) < 4.78 is 11.2. The van der Waals surface area contributed by atoms with Crippen molar-refractivity contribution in [3.8, 4) is 11.5 Å². The molecule has 1 atom stereocenters. The minimum atomic E-state index is -0.167. The van der Waals surface area contributed by atoms with Gasteiger partial charge in [-0.1, -0.05) is 12.1 Å². The van der Waals surface area contributed by atoms with Crippen LogP contribution in [0.5, 0.6) is 11.5 Å². The highest BCUT2D eigenvalue weighted by Gasteiger charge is 2.34. The Morgan fingerprint density at radius 2 is 2.17 bits per heavy atom. The van der Waals surface area contributed by atoms with Gasteiger partial charge in [-0.05, 0) is 43.4 Å². The van der Waals surface area contributed by atoms with Crippen molar-refractivity contribution in [2.75, 3.05) is 33.4 Å². The number of rotatable bonds is 9. The molecule has 8 heteroatoms. The number of ether oxygens (including phenoxy) is 2. The van der Waals surface area contributed by atoms with Crippen LogP contribution in [0.15, 0.2) is 30.5 Å². The van der Waals surface area contributed by atoms with Crippen LogP contribution in [0, 0.1) is 0 Å². The van der Waals surface area contributed by atoms with Gasteiger partial charge in [-0.2, -0.15) is 5.10 Å². The van der Waals surface area contributed by atoms with Gasteiger partial charge in [0.2, 0.25) is 0 Å². The van der Waals surface area contributed by atoms with Crippen LogP contribution >= 0.6 is 0 Å². The van der Waals surface area contributed by atoms with E-state index in [1.807, 2.05) is 24.3 Å². The van der Waals surface area contributed by atoms with Crippen LogP contribution in [-0.2, 0) is 0 Å². The molecule has 1 aromatic carbocycles. The topological polar surface area (TPSA) is 96.8 Å². The number of carbonyl (C=O) groups is 1. The van der Waals surface area contributed by atoms with Crippen LogP contribution in [0.25, 0.3) is 0 Å². The number of carbonyl (C=O) groups excluding carboxylic acids is 1. The highest BCUT2D eigenvalue weighted by atomic mass is 16.5. The maximum atomic E-state index is 12.5. The standard InChI is InChI=1S/C22H28N4O4/c1-14(18-4-3-5-20(21(18)29-2)30-9-8-27)26-12-17(13-26)24-22(28)19-10-16(11-23-25-19)15-6-7-15/h3-5,10-11,14-15,17,27H,6-9,12-13H2,1-2H3,(H,24,28). The first-order valence-corrected chi connectivity index (χ1v) is 10.4. The Morgan fingerprint density at radius 3 is 2.87 bits per heavy atom. The number of para-hydroxylation sites is 1. The van der Waals surface area contributed by atoms with E-state index < -0.39 is 0 Å². The third-order valence-electron chi connectivity index (χ3n) is 5.76. The number of likely N-dealkylation sites (tertiary alicyclic amines) is 1. The molecule has 2 aromatic rings. The monoisotopic (exact) mass is 412 g/mol. The molecule has 2 N–H and O–H groups in total. The van der Waals surface area contributed by atoms with Gasteiger partial charge >= 0.3 is 0 Å². The second-order valence-corrected chi connectivity index (χ2v) is 7.90. The van der Waals surface area contributed by atoms with Crippen molar-refractivity contribution >= 4 is 5.91 Å². The van der Waals surface area contributed by atoms with Crippen LogP contribution in [0.4, 0.5) is 0 Å². The fourth-order valence-corrected chi connectivity index (χ4v) is 3.86. The number of amides is 1. The second-order valence-electron chi connectivity index (χ2n) is 7.90. The van der Waals surface area contributed by atoms with E-state index in [4.69, 9.17) is 14.6 Å². The molecule has 2 heterocycles. The molecule has 30 heavy (non-hydrogen) atoms. The van der Waals surface area contributed by atoms with Gasteiger partial charge in [-0.25, -0.2) is 0 Å². The van der Waals surface area contributed by atoms with Crippen molar-refractivity contribution in [2.24, 2.45) is 0 Å². The highest BCUT2D eigenvalue weighted by Crippen LogP contribution is 2.40. The van der Waals surface area contributed by atoms with Crippen LogP contribution < -0.4 is 14.8 Å². The maximum absolute atomic E-state index is 12.5. The Morgan fingerprint density at radius 1 is 1.37 bits per heavy atom. The average Bonchev–Trinajstić information content (AvgIpc) is 3.59. The number of nitrogens with one attached hydrogen (secondary N) is 1. The summed E-state index contributed by atoms with van der Waals surface area (Å²) in [6.45, 7) is 3.76. The lowest BCUT2D eigenvalue weighted by Gasteiger charge is -2.43. The van der Waals surface area contributed by atoms with E-state index in [1.54, 1.807) is 13.3 Å². The zero-order valence-corrected chi connectivity index (χ0v) is 17.4. The largest absolute Gasteiger partial charge is 0.493 e. The van der Waals surface area contributed by atoms with Crippen molar-refractivity contribution in [1.29, 1.82) is 0 Å². The summed E-state index contributed by atoms with van der Waals surface area (Å²) in [5, 5.41) is 20.1. The summed E-state index contributed by atoms with van der Waals surface area (Å²) in [5.74, 6) is 1.67. The molecule has 160 valence electrons. The quantitative estimate of drug-likeness (QED) is 0.649. The van der Waals surface area contributed by atoms with Gasteiger partial charge in [-0.3, -0.25) is 9.69 Å². The van der Waals surface area contributed by atoms with Gasteiger partial charge in [-0.15, -0.1) is 5.10 Å². The van der Waals surface area contributed by atoms with Gasteiger partial charge in [0.15, 0.2) is 17.2 Å². The fourth-order valence-electron chi connectivity index (χ4n) is 3.86. The number of aliphatic hydroxyl groups excluding tert-OH is 1. The molecule has 1 amide bonds. The molecule has 1 aromatic heterocycles. The van der Waals surface area contributed by atoms with Crippen molar-refractivity contribution in [3.63, 3.8) is 0 Å². The zero-order valence-electron chi connectivity index (χ0n) is 17.4. The molecule has 0 spiro atoms. The van der Waals surface area contributed by atoms with Gasteiger partial charge in [0.1, 0.15) is 6.61 Å². The molecule has 1 aliphatic heterocycles. The van der Waals surface area contributed by atoms with Gasteiger partial charge in [0, 0.05) is 24.7 Å². The van der Waals surface area contributed by atoms with Crippen molar-refractivity contribution < 1.29 is 19.4 Å². The molecular formula is C22H28N4O4. The van der Waals surface area contributed by atoms with E-state index >= 15 is 0 Å². The summed E-state index contributed by atoms with van der Waals surface area (Å²) in [6, 6.07) is 7.81. The Kier molecular flexibility index (Phi) is 6.15. The van der Waals surface area contributed by atoms with E-state index in [0.717, 1.165) is 37.1 Å². The predicted molar refractivity (Wildman–Crippen MR) is 111 cm³/mol. The van der Waals surface area contributed by atoms with Crippen LogP contribution in [0.2, 0.25) is 0 Å². The molecule has 4 rings (SSSR count). The Bertz CT molecular complexity index is 896. The van der Waals surface area contributed by atoms with E-state index in [0.29, 0.717) is 23.1 Å². The van der Waals surface area contributed by atoms with E-state index in [9.17, 15) is 4.79 Å². The highest BCUT2D eigenvalue weighted by molar-refractivity contribution is 5.92. The third-order valence-corrected chi connectivity index (χ3v) is 5.76. The first-order valence-electron chi connectivity index (χ1n) is 10.4. The average molecular weight is 412 g/mol. The Labute approximate surface area is 176 Å². The Hall–Kier alpha value is -2.71. The van der Waals surface area contributed by atoms with Crippen molar-refractivity contribution in [1.82, 2.24) is 20.4 Å². The molecule has 2 fully saturated rings. The lowest BCUT2D eigenvalue weighted by Crippen LogP contribution is -2.59. The minimum absolute atomic E-state index is 0.0512. The molecule has 1 saturated heterocycles. The summed E-state index contributed by atoms with van der Waals surface area (Å²) in [7, 11) is 1.62. The van der Waals surface area contributed by atoms with Crippen LogP contribution in [0.3, 0.4) is 0 Å². The lowest BCUT2D eigenvalue weighted by molar-refractivity contribution is 0.0664. The van der Waals surface area contributed by atoms with E-state index in [-0.39, 0.29) is 31.2 Å². The molecule has 0 bridgehead atoms. The number of aromatic nitrogens is 2. The Balaban J connectivity index is 1.35. The minimum Gasteiger partial charge on any atom is -0.493 e. The number of nitrogens with zero attached hydrogens (tertiary/aromatic N) is 3. The lowest BCUT2D eigenvalue weighted by atomic mass is 9.99. The number of aliphatic hydroxyl groups is 1. The zero-order chi connectivity index (χ0) is 21.1. The predicted octanol–water partition coefficient (Wildman–Crippen LogP) is 1.91. The summed E-state index contributed by atoms with van der Waals surface area (Å²) in [5.41, 5.74) is 2.51. The fraction of sp³-hybridized carbons (Fsp3) is 0.500. The first-order chi connectivity index (χ1) is 14.6. The summed E-state index contributed by atoms with van der Waals surface area (Å²) >= 11 is 0. The van der Waals surface area contributed by atoms with E-state index in [2.05, 4.69) is 27.3 Å². The molecule has 0 radical (unpaired) electrons. The molecular weight excluding hydrogens is 384 g/mol. The second kappa shape index (κ2) is 8.97. The third kappa shape index (κ3) is 4.39. The molecule has 2 aliphatic rings. The summed E-state index contributed by atoms with van der Waals surface area (Å²) in [4.78, 5) is 14.8. The van der Waals surface area contributed by atoms with Crippen LogP contribution in [0.1, 0.15) is 53.3 Å². The SMILES string of the molecule is COc1c(OCCO)cccc1C(C)N1CC(NC(=O)c2cc(C3CC3)cnn2)C1. The number of benzene rings is 1. The smallest absolute Gasteiger partial charge is 0.272 e. The first kappa shape index (κ1) is 20.6.